The fourth-order valence-electron chi connectivity index (χ4n) is 4.10. The maximum absolute atomic E-state index is 15.5. The van der Waals surface area contributed by atoms with Gasteiger partial charge in [-0.1, -0.05) is 20.8 Å². The zero-order valence-electron chi connectivity index (χ0n) is 21.6. The van der Waals surface area contributed by atoms with Crippen LogP contribution in [0.25, 0.3) is 11.0 Å². The number of aromatic amines is 1. The van der Waals surface area contributed by atoms with Crippen molar-refractivity contribution < 1.29 is 18.7 Å². The zero-order valence-corrected chi connectivity index (χ0v) is 21.6. The topological polar surface area (TPSA) is 101 Å². The van der Waals surface area contributed by atoms with Crippen LogP contribution in [-0.2, 0) is 17.7 Å². The van der Waals surface area contributed by atoms with Gasteiger partial charge in [-0.3, -0.25) is 9.69 Å². The molecular formula is C26H34FN5O4. The van der Waals surface area contributed by atoms with Crippen molar-refractivity contribution in [3.05, 3.63) is 57.5 Å². The number of hydrogen-bond acceptors (Lipinski definition) is 8. The van der Waals surface area contributed by atoms with Crippen molar-refractivity contribution in [3.8, 4) is 5.75 Å². The molecule has 4 rings (SSSR count). The maximum Gasteiger partial charge on any atom is 0.356 e. The average molecular weight is 500 g/mol. The van der Waals surface area contributed by atoms with Gasteiger partial charge in [-0.05, 0) is 25.5 Å². The lowest BCUT2D eigenvalue weighted by molar-refractivity contribution is 0.0594. The number of nitrogens with one attached hydrogen (secondary N) is 1. The summed E-state index contributed by atoms with van der Waals surface area (Å²) in [7, 11) is 1.32. The standard InChI is InChI=1S/C24H28FN5O4.C2H6/c1-4-17-23(31)28-22-19(27-17)12-20(34-5-2)16(21(22)25)14-29-8-10-30(11-9-29)15-6-7-18(26-13-15)24(32)33-3;1-2/h6-7,12-13H,4-5,8-11,14H2,1-3H3,(H,28,31);1-2H3. The van der Waals surface area contributed by atoms with Gasteiger partial charge in [0, 0.05) is 44.4 Å². The maximum atomic E-state index is 15.5. The molecule has 3 aromatic rings. The first kappa shape index (κ1) is 27.1. The Balaban J connectivity index is 0.00000176. The molecule has 0 spiro atoms. The van der Waals surface area contributed by atoms with Crippen LogP contribution in [0, 0.1) is 5.82 Å². The summed E-state index contributed by atoms with van der Waals surface area (Å²) >= 11 is 0. The molecule has 0 atom stereocenters. The van der Waals surface area contributed by atoms with Gasteiger partial charge in [-0.2, -0.15) is 0 Å². The third-order valence-corrected chi connectivity index (χ3v) is 5.96. The summed E-state index contributed by atoms with van der Waals surface area (Å²) in [6, 6.07) is 5.20. The van der Waals surface area contributed by atoms with E-state index in [1.165, 1.54) is 7.11 Å². The van der Waals surface area contributed by atoms with Crippen LogP contribution in [0.15, 0.2) is 29.2 Å². The number of halogens is 1. The van der Waals surface area contributed by atoms with Gasteiger partial charge in [0.2, 0.25) is 0 Å². The van der Waals surface area contributed by atoms with Crippen LogP contribution < -0.4 is 15.2 Å². The summed E-state index contributed by atoms with van der Waals surface area (Å²) in [5, 5.41) is 0. The van der Waals surface area contributed by atoms with E-state index in [0.717, 1.165) is 18.8 Å². The Kier molecular flexibility index (Phi) is 9.35. The molecule has 1 saturated heterocycles. The molecular weight excluding hydrogens is 465 g/mol. The SMILES string of the molecule is CC.CCOc1cc2nc(CC)c(=O)[nH]c2c(F)c1CN1CCN(c2ccc(C(=O)OC)nc2)CC1. The highest BCUT2D eigenvalue weighted by molar-refractivity contribution is 5.87. The van der Waals surface area contributed by atoms with Crippen LogP contribution in [0.5, 0.6) is 5.75 Å². The molecule has 1 aliphatic rings. The molecule has 1 aromatic carbocycles. The highest BCUT2D eigenvalue weighted by Gasteiger charge is 2.23. The van der Waals surface area contributed by atoms with E-state index in [1.54, 1.807) is 18.3 Å². The predicted molar refractivity (Wildman–Crippen MR) is 137 cm³/mol. The van der Waals surface area contributed by atoms with Crippen LogP contribution in [0.4, 0.5) is 10.1 Å². The molecule has 9 nitrogen and oxygen atoms in total. The molecule has 0 bridgehead atoms. The molecule has 0 unspecified atom stereocenters. The van der Waals surface area contributed by atoms with Crippen LogP contribution in [-0.4, -0.2) is 65.7 Å². The second-order valence-electron chi connectivity index (χ2n) is 8.02. The Morgan fingerprint density at radius 1 is 1.17 bits per heavy atom. The van der Waals surface area contributed by atoms with Gasteiger partial charge in [0.05, 0.1) is 31.1 Å². The number of H-pyrrole nitrogens is 1. The summed E-state index contributed by atoms with van der Waals surface area (Å²) < 4.78 is 26.0. The molecule has 3 heterocycles. The minimum Gasteiger partial charge on any atom is -0.493 e. The molecule has 0 amide bonds. The van der Waals surface area contributed by atoms with Gasteiger partial charge < -0.3 is 19.4 Å². The van der Waals surface area contributed by atoms with Gasteiger partial charge in [-0.15, -0.1) is 0 Å². The van der Waals surface area contributed by atoms with Gasteiger partial charge in [-0.25, -0.2) is 19.2 Å². The van der Waals surface area contributed by atoms with E-state index in [-0.39, 0.29) is 16.8 Å². The minimum absolute atomic E-state index is 0.107. The van der Waals surface area contributed by atoms with Crippen LogP contribution in [0.1, 0.15) is 49.4 Å². The number of esters is 1. The van der Waals surface area contributed by atoms with E-state index in [0.29, 0.717) is 55.2 Å². The fourth-order valence-corrected chi connectivity index (χ4v) is 4.10. The number of carbonyl (C=O) groups excluding carboxylic acids is 1. The normalized spacial score (nSPS) is 13.8. The number of pyridine rings is 1. The Morgan fingerprint density at radius 2 is 1.89 bits per heavy atom. The third kappa shape index (κ3) is 5.81. The number of methoxy groups -OCH3 is 1. The number of nitrogens with zero attached hydrogens (tertiary/aromatic N) is 4. The van der Waals surface area contributed by atoms with Crippen molar-refractivity contribution in [2.45, 2.75) is 40.7 Å². The van der Waals surface area contributed by atoms with E-state index in [1.807, 2.05) is 33.8 Å². The predicted octanol–water partition coefficient (Wildman–Crippen LogP) is 3.55. The molecule has 1 aliphatic heterocycles. The van der Waals surface area contributed by atoms with Crippen molar-refractivity contribution in [2.24, 2.45) is 0 Å². The van der Waals surface area contributed by atoms with Gasteiger partial charge in [0.1, 0.15) is 22.7 Å². The number of hydrogen-bond donors (Lipinski definition) is 1. The Labute approximate surface area is 210 Å². The molecule has 36 heavy (non-hydrogen) atoms. The van der Waals surface area contributed by atoms with Crippen LogP contribution in [0.2, 0.25) is 0 Å². The van der Waals surface area contributed by atoms with Crippen molar-refractivity contribution >= 4 is 22.7 Å². The lowest BCUT2D eigenvalue weighted by atomic mass is 10.1. The number of carbonyl (C=O) groups is 1. The molecule has 1 N–H and O–H groups in total. The number of aryl methyl sites for hydroxylation is 1. The number of ether oxygens (including phenoxy) is 2. The molecule has 1 fully saturated rings. The summed E-state index contributed by atoms with van der Waals surface area (Å²) in [5.41, 5.74) is 2.07. The van der Waals surface area contributed by atoms with E-state index < -0.39 is 11.8 Å². The number of anilines is 1. The van der Waals surface area contributed by atoms with Crippen LogP contribution >= 0.6 is 0 Å². The first-order chi connectivity index (χ1) is 17.4. The summed E-state index contributed by atoms with van der Waals surface area (Å²) in [4.78, 5) is 39.3. The van der Waals surface area contributed by atoms with E-state index in [4.69, 9.17) is 4.74 Å². The lowest BCUT2D eigenvalue weighted by Gasteiger charge is -2.36. The van der Waals surface area contributed by atoms with Crippen molar-refractivity contribution in [1.82, 2.24) is 19.9 Å². The average Bonchev–Trinajstić information content (AvgIpc) is 2.92. The van der Waals surface area contributed by atoms with E-state index >= 15 is 4.39 Å². The number of piperazine rings is 1. The monoisotopic (exact) mass is 499 g/mol. The summed E-state index contributed by atoms with van der Waals surface area (Å²) in [6.45, 7) is 11.3. The summed E-state index contributed by atoms with van der Waals surface area (Å²) in [6.07, 6.45) is 2.12. The highest BCUT2D eigenvalue weighted by Crippen LogP contribution is 2.30. The highest BCUT2D eigenvalue weighted by atomic mass is 19.1. The second-order valence-corrected chi connectivity index (χ2v) is 8.02. The first-order valence-electron chi connectivity index (χ1n) is 12.3. The van der Waals surface area contributed by atoms with Gasteiger partial charge in [0.25, 0.3) is 5.56 Å². The van der Waals surface area contributed by atoms with Crippen LogP contribution in [0.3, 0.4) is 0 Å². The second kappa shape index (κ2) is 12.4. The smallest absolute Gasteiger partial charge is 0.356 e. The number of aromatic nitrogens is 3. The van der Waals surface area contributed by atoms with E-state index in [2.05, 4.69) is 29.5 Å². The quantitative estimate of drug-likeness (QED) is 0.493. The fraction of sp³-hybridized carbons (Fsp3) is 0.462. The Hall–Kier alpha value is -3.53. The minimum atomic E-state index is -0.502. The zero-order chi connectivity index (χ0) is 26.2. The number of rotatable bonds is 7. The van der Waals surface area contributed by atoms with Crippen molar-refractivity contribution in [2.75, 3.05) is 44.8 Å². The Bertz CT molecular complexity index is 1240. The molecule has 0 aliphatic carbocycles. The largest absolute Gasteiger partial charge is 0.493 e. The van der Waals surface area contributed by atoms with Gasteiger partial charge >= 0.3 is 5.97 Å². The summed E-state index contributed by atoms with van der Waals surface area (Å²) in [5.74, 6) is -0.529. The lowest BCUT2D eigenvalue weighted by Crippen LogP contribution is -2.46. The third-order valence-electron chi connectivity index (χ3n) is 5.96. The molecule has 0 radical (unpaired) electrons. The molecule has 2 aromatic heterocycles. The van der Waals surface area contributed by atoms with Crippen molar-refractivity contribution in [3.63, 3.8) is 0 Å². The van der Waals surface area contributed by atoms with Crippen molar-refractivity contribution in [1.29, 1.82) is 0 Å². The first-order valence-corrected chi connectivity index (χ1v) is 12.3. The molecule has 0 saturated carbocycles. The van der Waals surface area contributed by atoms with Gasteiger partial charge in [0.15, 0.2) is 5.82 Å². The van der Waals surface area contributed by atoms with E-state index in [9.17, 15) is 9.59 Å². The number of fused-ring (bicyclic) bond motifs is 1. The number of benzene rings is 1. The Morgan fingerprint density at radius 3 is 2.47 bits per heavy atom. The molecule has 194 valence electrons. The molecule has 10 heteroatoms.